The molecule has 1 saturated carbocycles. The van der Waals surface area contributed by atoms with Crippen LogP contribution in [0.25, 0.3) is 0 Å². The topological polar surface area (TPSA) is 58.1 Å². The molecule has 3 heterocycles. The van der Waals surface area contributed by atoms with Gasteiger partial charge in [0.25, 0.3) is 5.91 Å². The van der Waals surface area contributed by atoms with Crippen molar-refractivity contribution in [3.8, 4) is 0 Å². The molecule has 2 aliphatic rings. The third-order valence-corrected chi connectivity index (χ3v) is 5.46. The fraction of sp³-hybridized carbons (Fsp3) is 0.471. The molecular weight excluding hydrogens is 308 g/mol. The fourth-order valence-corrected chi connectivity index (χ4v) is 3.65. The Labute approximate surface area is 139 Å². The fourth-order valence-electron chi connectivity index (χ4n) is 2.87. The molecule has 4 rings (SSSR count). The molecule has 1 saturated heterocycles. The maximum absolute atomic E-state index is 12.0. The minimum atomic E-state index is 0.0372. The molecule has 0 aromatic carbocycles. The highest BCUT2D eigenvalue weighted by Gasteiger charge is 2.29. The number of hydrogen-bond acceptors (Lipinski definition) is 5. The van der Waals surface area contributed by atoms with Crippen molar-refractivity contribution in [1.82, 2.24) is 15.5 Å². The van der Waals surface area contributed by atoms with Crippen LogP contribution in [0.1, 0.15) is 39.0 Å². The number of thiophene rings is 1. The van der Waals surface area contributed by atoms with E-state index < -0.39 is 0 Å². The number of hydrogen-bond donors (Lipinski definition) is 1. The Balaban J connectivity index is 1.24. The summed E-state index contributed by atoms with van der Waals surface area (Å²) in [4.78, 5) is 16.2. The standard InChI is InChI=1S/C17H20N4OS/c1-11-2-6-15(23-11)17(22)18-8-12-9-21(10-12)16-7-5-14(19-20-16)13-3-4-13/h2,5-7,12-13H,3-4,8-10H2,1H3,(H,18,22). The lowest BCUT2D eigenvalue weighted by Gasteiger charge is -2.39. The van der Waals surface area contributed by atoms with Gasteiger partial charge in [0.1, 0.15) is 0 Å². The molecule has 1 aliphatic heterocycles. The molecule has 1 amide bonds. The number of rotatable bonds is 5. The lowest BCUT2D eigenvalue weighted by atomic mass is 10.0. The summed E-state index contributed by atoms with van der Waals surface area (Å²) in [6, 6.07) is 8.05. The summed E-state index contributed by atoms with van der Waals surface area (Å²) in [5.74, 6) is 2.13. The van der Waals surface area contributed by atoms with Gasteiger partial charge < -0.3 is 10.2 Å². The van der Waals surface area contributed by atoms with Crippen LogP contribution in [0.15, 0.2) is 24.3 Å². The van der Waals surface area contributed by atoms with Crippen LogP contribution in [-0.2, 0) is 0 Å². The van der Waals surface area contributed by atoms with Crippen molar-refractivity contribution >= 4 is 23.1 Å². The molecule has 0 atom stereocenters. The molecule has 5 nitrogen and oxygen atoms in total. The number of nitrogens with zero attached hydrogens (tertiary/aromatic N) is 3. The van der Waals surface area contributed by atoms with Crippen LogP contribution >= 0.6 is 11.3 Å². The second-order valence-electron chi connectivity index (χ2n) is 6.48. The highest BCUT2D eigenvalue weighted by Crippen LogP contribution is 2.38. The Kier molecular flexibility index (Phi) is 3.77. The minimum absolute atomic E-state index is 0.0372. The van der Waals surface area contributed by atoms with Gasteiger partial charge >= 0.3 is 0 Å². The second-order valence-corrected chi connectivity index (χ2v) is 7.77. The molecule has 2 aromatic rings. The third kappa shape index (κ3) is 3.22. The Morgan fingerprint density at radius 3 is 2.70 bits per heavy atom. The predicted octanol–water partition coefficient (Wildman–Crippen LogP) is 2.59. The number of carbonyl (C=O) groups excluding carboxylic acids is 1. The maximum Gasteiger partial charge on any atom is 0.261 e. The molecule has 120 valence electrons. The van der Waals surface area contributed by atoms with Gasteiger partial charge in [-0.15, -0.1) is 16.4 Å². The molecule has 2 aromatic heterocycles. The van der Waals surface area contributed by atoms with Gasteiger partial charge in [0.15, 0.2) is 5.82 Å². The number of aromatic nitrogens is 2. The highest BCUT2D eigenvalue weighted by molar-refractivity contribution is 7.13. The average Bonchev–Trinajstić information content (AvgIpc) is 3.27. The Morgan fingerprint density at radius 2 is 2.09 bits per heavy atom. The summed E-state index contributed by atoms with van der Waals surface area (Å²) in [6.07, 6.45) is 2.51. The molecule has 0 spiro atoms. The quantitative estimate of drug-likeness (QED) is 0.916. The summed E-state index contributed by atoms with van der Waals surface area (Å²) >= 11 is 1.54. The predicted molar refractivity (Wildman–Crippen MR) is 91.1 cm³/mol. The van der Waals surface area contributed by atoms with E-state index in [4.69, 9.17) is 0 Å². The van der Waals surface area contributed by atoms with Gasteiger partial charge in [0, 0.05) is 36.3 Å². The van der Waals surface area contributed by atoms with Crippen molar-refractivity contribution in [1.29, 1.82) is 0 Å². The Bertz CT molecular complexity index is 702. The lowest BCUT2D eigenvalue weighted by Crippen LogP contribution is -2.51. The van der Waals surface area contributed by atoms with Crippen molar-refractivity contribution in [3.63, 3.8) is 0 Å². The van der Waals surface area contributed by atoms with E-state index in [1.165, 1.54) is 24.2 Å². The molecule has 0 unspecified atom stereocenters. The zero-order valence-corrected chi connectivity index (χ0v) is 14.0. The summed E-state index contributed by atoms with van der Waals surface area (Å²) in [6.45, 7) is 4.60. The Morgan fingerprint density at radius 1 is 1.26 bits per heavy atom. The molecule has 0 bridgehead atoms. The van der Waals surface area contributed by atoms with Gasteiger partial charge in [0.2, 0.25) is 0 Å². The zero-order chi connectivity index (χ0) is 15.8. The summed E-state index contributed by atoms with van der Waals surface area (Å²) in [5.41, 5.74) is 1.13. The Hall–Kier alpha value is -1.95. The van der Waals surface area contributed by atoms with Crippen LogP contribution in [0, 0.1) is 12.8 Å². The van der Waals surface area contributed by atoms with E-state index >= 15 is 0 Å². The van der Waals surface area contributed by atoms with Gasteiger partial charge in [-0.25, -0.2) is 0 Å². The van der Waals surface area contributed by atoms with E-state index in [2.05, 4.69) is 32.5 Å². The smallest absolute Gasteiger partial charge is 0.261 e. The summed E-state index contributed by atoms with van der Waals surface area (Å²) < 4.78 is 0. The largest absolute Gasteiger partial charge is 0.354 e. The SMILES string of the molecule is Cc1ccc(C(=O)NCC2CN(c3ccc(C4CC4)nn3)C2)s1. The van der Waals surface area contributed by atoms with Gasteiger partial charge in [-0.3, -0.25) is 4.79 Å². The molecule has 1 N–H and O–H groups in total. The van der Waals surface area contributed by atoms with Crippen molar-refractivity contribution < 1.29 is 4.79 Å². The summed E-state index contributed by atoms with van der Waals surface area (Å²) in [5, 5.41) is 11.7. The minimum Gasteiger partial charge on any atom is -0.354 e. The number of anilines is 1. The van der Waals surface area contributed by atoms with Crippen LogP contribution in [0.3, 0.4) is 0 Å². The summed E-state index contributed by atoms with van der Waals surface area (Å²) in [7, 11) is 0. The van der Waals surface area contributed by atoms with E-state index in [9.17, 15) is 4.79 Å². The molecule has 23 heavy (non-hydrogen) atoms. The first-order valence-corrected chi connectivity index (χ1v) is 8.94. The molecule has 2 fully saturated rings. The van der Waals surface area contributed by atoms with Gasteiger partial charge in [-0.2, -0.15) is 5.10 Å². The maximum atomic E-state index is 12.0. The van der Waals surface area contributed by atoms with E-state index in [1.54, 1.807) is 0 Å². The van der Waals surface area contributed by atoms with Crippen molar-refractivity contribution in [2.45, 2.75) is 25.7 Å². The highest BCUT2D eigenvalue weighted by atomic mass is 32.1. The van der Waals surface area contributed by atoms with Gasteiger partial charge in [-0.1, -0.05) is 0 Å². The van der Waals surface area contributed by atoms with Crippen LogP contribution < -0.4 is 10.2 Å². The van der Waals surface area contributed by atoms with Gasteiger partial charge in [-0.05, 0) is 44.0 Å². The lowest BCUT2D eigenvalue weighted by molar-refractivity contribution is 0.0948. The normalized spacial score (nSPS) is 17.9. The van der Waals surface area contributed by atoms with E-state index in [0.29, 0.717) is 11.8 Å². The zero-order valence-electron chi connectivity index (χ0n) is 13.2. The van der Waals surface area contributed by atoms with Crippen molar-refractivity contribution in [3.05, 3.63) is 39.7 Å². The van der Waals surface area contributed by atoms with E-state index in [-0.39, 0.29) is 5.91 Å². The first-order chi connectivity index (χ1) is 11.2. The van der Waals surface area contributed by atoms with Crippen LogP contribution in [0.2, 0.25) is 0 Å². The molecule has 6 heteroatoms. The number of amides is 1. The van der Waals surface area contributed by atoms with Crippen LogP contribution in [-0.4, -0.2) is 35.7 Å². The molecule has 1 aliphatic carbocycles. The average molecular weight is 328 g/mol. The monoisotopic (exact) mass is 328 g/mol. The number of aryl methyl sites for hydroxylation is 1. The van der Waals surface area contributed by atoms with Crippen LogP contribution in [0.4, 0.5) is 5.82 Å². The second kappa shape index (κ2) is 5.92. The van der Waals surface area contributed by atoms with Gasteiger partial charge in [0.05, 0.1) is 10.6 Å². The van der Waals surface area contributed by atoms with Crippen molar-refractivity contribution in [2.75, 3.05) is 24.5 Å². The number of carbonyl (C=O) groups is 1. The number of nitrogens with one attached hydrogen (secondary N) is 1. The first kappa shape index (κ1) is 14.6. The van der Waals surface area contributed by atoms with E-state index in [0.717, 1.165) is 40.9 Å². The van der Waals surface area contributed by atoms with Crippen molar-refractivity contribution in [2.24, 2.45) is 5.92 Å². The van der Waals surface area contributed by atoms with E-state index in [1.807, 2.05) is 19.1 Å². The van der Waals surface area contributed by atoms with Crippen LogP contribution in [0.5, 0.6) is 0 Å². The molecular formula is C17H20N4OS. The first-order valence-electron chi connectivity index (χ1n) is 8.12. The molecule has 0 radical (unpaired) electrons. The third-order valence-electron chi connectivity index (χ3n) is 4.46.